The van der Waals surface area contributed by atoms with Gasteiger partial charge in [-0.05, 0) is 31.7 Å². The molecule has 2 heterocycles. The summed E-state index contributed by atoms with van der Waals surface area (Å²) in [6.45, 7) is 9.37. The molecule has 5 nitrogen and oxygen atoms in total. The molecule has 0 aliphatic rings. The minimum atomic E-state index is -0.00739. The van der Waals surface area contributed by atoms with Crippen molar-refractivity contribution in [1.29, 1.82) is 0 Å². The fourth-order valence-corrected chi connectivity index (χ4v) is 3.04. The van der Waals surface area contributed by atoms with Gasteiger partial charge in [-0.15, -0.1) is 11.3 Å². The van der Waals surface area contributed by atoms with Gasteiger partial charge in [0.1, 0.15) is 17.0 Å². The van der Waals surface area contributed by atoms with E-state index in [-0.39, 0.29) is 12.5 Å². The summed E-state index contributed by atoms with van der Waals surface area (Å²) in [7, 11) is 0. The Labute approximate surface area is 129 Å². The van der Waals surface area contributed by atoms with Gasteiger partial charge in [0.2, 0.25) is 5.91 Å². The number of thiophene rings is 1. The van der Waals surface area contributed by atoms with E-state index >= 15 is 0 Å². The van der Waals surface area contributed by atoms with Crippen LogP contribution in [0, 0.1) is 19.8 Å². The van der Waals surface area contributed by atoms with Crippen molar-refractivity contribution >= 4 is 33.3 Å². The maximum absolute atomic E-state index is 11.8. The maximum Gasteiger partial charge on any atom is 0.239 e. The van der Waals surface area contributed by atoms with Gasteiger partial charge in [-0.25, -0.2) is 9.97 Å². The van der Waals surface area contributed by atoms with Crippen LogP contribution in [0.1, 0.15) is 30.7 Å². The van der Waals surface area contributed by atoms with Crippen molar-refractivity contribution in [3.63, 3.8) is 0 Å². The molecule has 0 atom stereocenters. The minimum Gasteiger partial charge on any atom is -0.360 e. The van der Waals surface area contributed by atoms with Crippen molar-refractivity contribution in [2.24, 2.45) is 5.92 Å². The number of hydrogen-bond acceptors (Lipinski definition) is 5. The summed E-state index contributed by atoms with van der Waals surface area (Å²) >= 11 is 1.65. The number of rotatable bonds is 6. The number of fused-ring (bicyclic) bond motifs is 1. The second-order valence-electron chi connectivity index (χ2n) is 5.57. The Bertz CT molecular complexity index is 636. The molecule has 0 aliphatic carbocycles. The average molecular weight is 306 g/mol. The molecule has 0 aliphatic heterocycles. The lowest BCUT2D eigenvalue weighted by Crippen LogP contribution is -2.31. The van der Waals surface area contributed by atoms with Crippen LogP contribution in [-0.4, -0.2) is 29.0 Å². The molecule has 0 fully saturated rings. The highest BCUT2D eigenvalue weighted by Crippen LogP contribution is 2.32. The highest BCUT2D eigenvalue weighted by Gasteiger charge is 2.12. The Kier molecular flexibility index (Phi) is 5.12. The summed E-state index contributed by atoms with van der Waals surface area (Å²) in [6.07, 6.45) is 2.53. The topological polar surface area (TPSA) is 66.9 Å². The molecule has 2 aromatic rings. The molecule has 0 saturated heterocycles. The predicted octanol–water partition coefficient (Wildman–Crippen LogP) is 2.88. The Balaban J connectivity index is 1.99. The first kappa shape index (κ1) is 15.7. The fourth-order valence-electron chi connectivity index (χ4n) is 2.04. The molecule has 0 aromatic carbocycles. The van der Waals surface area contributed by atoms with E-state index in [1.54, 1.807) is 11.3 Å². The van der Waals surface area contributed by atoms with Gasteiger partial charge in [0.15, 0.2) is 0 Å². The molecule has 1 amide bonds. The zero-order chi connectivity index (χ0) is 15.4. The highest BCUT2D eigenvalue weighted by atomic mass is 32.1. The number of hydrogen-bond donors (Lipinski definition) is 2. The van der Waals surface area contributed by atoms with Crippen molar-refractivity contribution in [3.05, 3.63) is 16.8 Å². The van der Waals surface area contributed by atoms with E-state index in [0.29, 0.717) is 12.5 Å². The molecule has 0 saturated carbocycles. The van der Waals surface area contributed by atoms with Crippen LogP contribution in [0.4, 0.5) is 5.82 Å². The van der Waals surface area contributed by atoms with Crippen LogP contribution in [-0.2, 0) is 4.79 Å². The Morgan fingerprint density at radius 1 is 1.33 bits per heavy atom. The summed E-state index contributed by atoms with van der Waals surface area (Å²) in [5.41, 5.74) is 1.18. The monoisotopic (exact) mass is 306 g/mol. The molecule has 21 heavy (non-hydrogen) atoms. The first-order valence-electron chi connectivity index (χ1n) is 7.20. The summed E-state index contributed by atoms with van der Waals surface area (Å²) in [5, 5.41) is 7.06. The number of aryl methyl sites for hydroxylation is 2. The van der Waals surface area contributed by atoms with Gasteiger partial charge in [-0.3, -0.25) is 4.79 Å². The van der Waals surface area contributed by atoms with Crippen molar-refractivity contribution in [3.8, 4) is 0 Å². The van der Waals surface area contributed by atoms with Crippen molar-refractivity contribution in [1.82, 2.24) is 15.3 Å². The van der Waals surface area contributed by atoms with E-state index in [4.69, 9.17) is 0 Å². The van der Waals surface area contributed by atoms with Gasteiger partial charge in [-0.2, -0.15) is 0 Å². The fraction of sp³-hybridized carbons (Fsp3) is 0.533. The van der Waals surface area contributed by atoms with Crippen LogP contribution in [0.15, 0.2) is 6.33 Å². The smallest absolute Gasteiger partial charge is 0.239 e. The largest absolute Gasteiger partial charge is 0.360 e. The minimum absolute atomic E-state index is 0.00739. The Morgan fingerprint density at radius 2 is 2.10 bits per heavy atom. The third-order valence-electron chi connectivity index (χ3n) is 3.43. The molecule has 114 valence electrons. The molecule has 2 rings (SSSR count). The number of nitrogens with zero attached hydrogens (tertiary/aromatic N) is 2. The van der Waals surface area contributed by atoms with Gasteiger partial charge in [-0.1, -0.05) is 13.8 Å². The van der Waals surface area contributed by atoms with Gasteiger partial charge in [0.25, 0.3) is 0 Å². The molecule has 6 heteroatoms. The molecule has 0 radical (unpaired) electrons. The molecule has 2 aromatic heterocycles. The van der Waals surface area contributed by atoms with E-state index in [1.807, 2.05) is 0 Å². The average Bonchev–Trinajstić information content (AvgIpc) is 2.72. The lowest BCUT2D eigenvalue weighted by molar-refractivity contribution is -0.119. The van der Waals surface area contributed by atoms with Crippen LogP contribution in [0.3, 0.4) is 0 Å². The third kappa shape index (κ3) is 3.91. The van der Waals surface area contributed by atoms with Crippen LogP contribution in [0.2, 0.25) is 0 Å². The number of amides is 1. The van der Waals surface area contributed by atoms with E-state index in [2.05, 4.69) is 48.3 Å². The number of aromatic nitrogens is 2. The summed E-state index contributed by atoms with van der Waals surface area (Å²) in [5.74, 6) is 1.32. The lowest BCUT2D eigenvalue weighted by atomic mass is 10.1. The standard InChI is InChI=1S/C15H22N4OS/c1-9(2)5-6-16-12(20)7-17-14-13-10(3)11(4)21-15(13)19-8-18-14/h8-9H,5-7H2,1-4H3,(H,16,20)(H,17,18,19). The predicted molar refractivity (Wildman–Crippen MR) is 87.8 cm³/mol. The van der Waals surface area contributed by atoms with Gasteiger partial charge in [0.05, 0.1) is 11.9 Å². The van der Waals surface area contributed by atoms with E-state index < -0.39 is 0 Å². The van der Waals surface area contributed by atoms with Crippen LogP contribution in [0.25, 0.3) is 10.2 Å². The summed E-state index contributed by atoms with van der Waals surface area (Å²) < 4.78 is 0. The first-order valence-corrected chi connectivity index (χ1v) is 8.02. The van der Waals surface area contributed by atoms with Crippen LogP contribution < -0.4 is 10.6 Å². The van der Waals surface area contributed by atoms with Crippen LogP contribution >= 0.6 is 11.3 Å². The van der Waals surface area contributed by atoms with Gasteiger partial charge in [0, 0.05) is 11.4 Å². The number of carbonyl (C=O) groups excluding carboxylic acids is 1. The Morgan fingerprint density at radius 3 is 2.81 bits per heavy atom. The molecule has 0 bridgehead atoms. The molecular formula is C15H22N4OS. The lowest BCUT2D eigenvalue weighted by Gasteiger charge is -2.09. The maximum atomic E-state index is 11.8. The van der Waals surface area contributed by atoms with Gasteiger partial charge < -0.3 is 10.6 Å². The van der Waals surface area contributed by atoms with Crippen molar-refractivity contribution < 1.29 is 4.79 Å². The number of carbonyl (C=O) groups is 1. The molecular weight excluding hydrogens is 284 g/mol. The quantitative estimate of drug-likeness (QED) is 0.861. The Hall–Kier alpha value is -1.69. The van der Waals surface area contributed by atoms with E-state index in [0.717, 1.165) is 22.5 Å². The van der Waals surface area contributed by atoms with E-state index in [9.17, 15) is 4.79 Å². The number of anilines is 1. The SMILES string of the molecule is Cc1sc2ncnc(NCC(=O)NCCC(C)C)c2c1C. The highest BCUT2D eigenvalue weighted by molar-refractivity contribution is 7.18. The van der Waals surface area contributed by atoms with Crippen molar-refractivity contribution in [2.75, 3.05) is 18.4 Å². The van der Waals surface area contributed by atoms with Crippen molar-refractivity contribution in [2.45, 2.75) is 34.1 Å². The molecule has 2 N–H and O–H groups in total. The molecule has 0 unspecified atom stereocenters. The normalized spacial score (nSPS) is 11.1. The third-order valence-corrected chi connectivity index (χ3v) is 4.54. The van der Waals surface area contributed by atoms with E-state index in [1.165, 1.54) is 16.8 Å². The summed E-state index contributed by atoms with van der Waals surface area (Å²) in [6, 6.07) is 0. The zero-order valence-corrected chi connectivity index (χ0v) is 13.8. The molecule has 0 spiro atoms. The number of nitrogens with one attached hydrogen (secondary N) is 2. The van der Waals surface area contributed by atoms with Crippen LogP contribution in [0.5, 0.6) is 0 Å². The zero-order valence-electron chi connectivity index (χ0n) is 13.0. The second-order valence-corrected chi connectivity index (χ2v) is 6.77. The summed E-state index contributed by atoms with van der Waals surface area (Å²) in [4.78, 5) is 22.6. The second kappa shape index (κ2) is 6.85. The van der Waals surface area contributed by atoms with Gasteiger partial charge >= 0.3 is 0 Å². The first-order chi connectivity index (χ1) is 9.99.